The number of carboxylic acid groups (broad SMARTS) is 1. The molecule has 3 unspecified atom stereocenters. The summed E-state index contributed by atoms with van der Waals surface area (Å²) in [4.78, 5) is 46.1. The highest BCUT2D eigenvalue weighted by atomic mass is 31.2. The van der Waals surface area contributed by atoms with E-state index in [1.165, 1.54) is 96.3 Å². The number of hydrogen-bond acceptors (Lipinski definition) is 8. The number of phosphoric acid groups is 1. The summed E-state index contributed by atoms with van der Waals surface area (Å²) >= 11 is 0. The number of ether oxygens (including phenoxy) is 1. The number of carbonyl (C=O) groups is 3. The summed E-state index contributed by atoms with van der Waals surface area (Å²) in [5, 5.41) is 21.9. The molecule has 0 radical (unpaired) electrons. The number of amides is 1. The molecule has 0 aliphatic heterocycles. The smallest absolute Gasteiger partial charge is 0.472 e. The molecule has 0 saturated heterocycles. The number of carboxylic acids is 1. The molecule has 0 fully saturated rings. The molecule has 11 nitrogen and oxygen atoms in total. The lowest BCUT2D eigenvalue weighted by atomic mass is 10.0. The lowest BCUT2D eigenvalue weighted by Crippen LogP contribution is -2.43. The van der Waals surface area contributed by atoms with Crippen LogP contribution in [0.2, 0.25) is 0 Å². The second kappa shape index (κ2) is 46.7. The van der Waals surface area contributed by atoms with Gasteiger partial charge in [0.2, 0.25) is 5.91 Å². The number of unbranched alkanes of at least 4 members (excludes halogenated alkanes) is 23. The van der Waals surface area contributed by atoms with Crippen molar-refractivity contribution in [1.29, 1.82) is 0 Å². The van der Waals surface area contributed by atoms with Gasteiger partial charge in [0.25, 0.3) is 0 Å². The molecular weight excluding hydrogens is 830 g/mol. The Balaban J connectivity index is 3.85. The molecule has 1 amide bonds. The van der Waals surface area contributed by atoms with Gasteiger partial charge in [-0.05, 0) is 57.8 Å². The van der Waals surface area contributed by atoms with E-state index in [2.05, 4.69) is 79.9 Å². The molecule has 3 atom stereocenters. The Morgan fingerprint density at radius 1 is 0.516 bits per heavy atom. The van der Waals surface area contributed by atoms with E-state index < -0.39 is 57.6 Å². The summed E-state index contributed by atoms with van der Waals surface area (Å²) in [5.74, 6) is -2.38. The van der Waals surface area contributed by atoms with Crippen LogP contribution in [0.25, 0.3) is 0 Å². The maximum Gasteiger partial charge on any atom is 0.472 e. The zero-order valence-electron chi connectivity index (χ0n) is 40.3. The number of aliphatic carboxylic acids is 1. The monoisotopic (exact) mass is 922 g/mol. The van der Waals surface area contributed by atoms with Gasteiger partial charge in [-0.1, -0.05) is 209 Å². The van der Waals surface area contributed by atoms with Crippen LogP contribution in [0.1, 0.15) is 219 Å². The minimum absolute atomic E-state index is 0.147. The first-order chi connectivity index (χ1) is 31.1. The van der Waals surface area contributed by atoms with Crippen molar-refractivity contribution in [2.24, 2.45) is 0 Å². The molecule has 0 aromatic rings. The maximum absolute atomic E-state index is 12.3. The predicted octanol–water partition coefficient (Wildman–Crippen LogP) is 13.9. The van der Waals surface area contributed by atoms with Crippen LogP contribution in [-0.2, 0) is 32.7 Å². The molecule has 0 bridgehead atoms. The summed E-state index contributed by atoms with van der Waals surface area (Å²) in [6.07, 6.45) is 55.2. The van der Waals surface area contributed by atoms with Gasteiger partial charge in [-0.2, -0.15) is 0 Å². The van der Waals surface area contributed by atoms with Crippen molar-refractivity contribution in [3.05, 3.63) is 60.8 Å². The Morgan fingerprint density at radius 2 is 0.906 bits per heavy atom. The number of allylic oxidation sites excluding steroid dienone is 10. The summed E-state index contributed by atoms with van der Waals surface area (Å²) in [5.41, 5.74) is 0. The minimum atomic E-state index is -4.76. The number of hydrogen-bond donors (Lipinski definition) is 4. The van der Waals surface area contributed by atoms with E-state index in [1.54, 1.807) is 0 Å². The lowest BCUT2D eigenvalue weighted by Gasteiger charge is -2.18. The zero-order valence-corrected chi connectivity index (χ0v) is 41.2. The highest BCUT2D eigenvalue weighted by Gasteiger charge is 2.28. The second-order valence-electron chi connectivity index (χ2n) is 17.0. The Hall–Kier alpha value is -2.82. The van der Waals surface area contributed by atoms with Gasteiger partial charge in [0, 0.05) is 12.8 Å². The summed E-state index contributed by atoms with van der Waals surface area (Å²) in [6.45, 7) is 2.49. The third-order valence-electron chi connectivity index (χ3n) is 10.8. The van der Waals surface area contributed by atoms with E-state index >= 15 is 0 Å². The molecule has 0 heterocycles. The van der Waals surface area contributed by atoms with E-state index in [9.17, 15) is 34.1 Å². The van der Waals surface area contributed by atoms with Crippen LogP contribution in [0.15, 0.2) is 60.8 Å². The van der Waals surface area contributed by atoms with Crippen LogP contribution in [0.5, 0.6) is 0 Å². The first kappa shape index (κ1) is 61.2. The number of aliphatic hydroxyl groups excluding tert-OH is 1. The van der Waals surface area contributed by atoms with Gasteiger partial charge in [0.15, 0.2) is 6.04 Å². The van der Waals surface area contributed by atoms with Crippen LogP contribution in [0.3, 0.4) is 0 Å². The fourth-order valence-corrected chi connectivity index (χ4v) is 7.70. The van der Waals surface area contributed by atoms with Gasteiger partial charge in [-0.15, -0.1) is 0 Å². The van der Waals surface area contributed by atoms with E-state index in [-0.39, 0.29) is 12.8 Å². The van der Waals surface area contributed by atoms with Crippen molar-refractivity contribution in [2.75, 3.05) is 19.8 Å². The first-order valence-corrected chi connectivity index (χ1v) is 26.8. The zero-order chi connectivity index (χ0) is 47.0. The highest BCUT2D eigenvalue weighted by Crippen LogP contribution is 2.43. The number of esters is 1. The molecule has 12 heteroatoms. The molecule has 64 heavy (non-hydrogen) atoms. The molecule has 4 N–H and O–H groups in total. The van der Waals surface area contributed by atoms with Crippen LogP contribution in [0, 0.1) is 0 Å². The summed E-state index contributed by atoms with van der Waals surface area (Å²) in [6, 6.07) is -1.55. The van der Waals surface area contributed by atoms with E-state index in [4.69, 9.17) is 13.8 Å². The fourth-order valence-electron chi connectivity index (χ4n) is 6.93. The number of nitrogens with one attached hydrogen (secondary N) is 1. The summed E-state index contributed by atoms with van der Waals surface area (Å²) < 4.78 is 26.9. The molecule has 0 aliphatic carbocycles. The molecule has 0 spiro atoms. The van der Waals surface area contributed by atoms with Crippen molar-refractivity contribution in [1.82, 2.24) is 5.32 Å². The Morgan fingerprint density at radius 3 is 1.36 bits per heavy atom. The van der Waals surface area contributed by atoms with Gasteiger partial charge in [0.1, 0.15) is 12.7 Å². The number of rotatable bonds is 47. The van der Waals surface area contributed by atoms with Crippen LogP contribution >= 0.6 is 7.82 Å². The molecule has 0 aromatic heterocycles. The van der Waals surface area contributed by atoms with Gasteiger partial charge in [-0.3, -0.25) is 18.6 Å². The average molecular weight is 922 g/mol. The number of phosphoric ester groups is 1. The Kier molecular flexibility index (Phi) is 44.6. The van der Waals surface area contributed by atoms with E-state index in [0.29, 0.717) is 12.8 Å². The lowest BCUT2D eigenvalue weighted by molar-refractivity contribution is -0.147. The molecule has 370 valence electrons. The topological polar surface area (TPSA) is 169 Å². The molecule has 0 aliphatic rings. The van der Waals surface area contributed by atoms with Crippen molar-refractivity contribution in [2.45, 2.75) is 231 Å². The van der Waals surface area contributed by atoms with Gasteiger partial charge in [-0.25, -0.2) is 9.36 Å². The van der Waals surface area contributed by atoms with Crippen LogP contribution in [-0.4, -0.2) is 64.9 Å². The standard InChI is InChI=1S/C52H92NO10P/c1-3-5-7-9-11-13-15-17-19-21-22-23-24-25-26-28-30-32-34-36-38-40-42-44-51(56)61-45-48(54)46-62-64(59,60)63-47-49(52(57)58)53-50(55)43-41-39-37-35-33-31-29-27-20-18-16-14-12-10-8-6-4-2/h5,7,11,13,17,19,22-23,25-26,48-49,54H,3-4,6,8-10,12,14-16,18,20-21,24,27-47H2,1-2H3,(H,53,55)(H,57,58)(H,59,60)/b7-5-,13-11-,19-17-,23-22-,26-25-. The fraction of sp³-hybridized carbons (Fsp3) is 0.750. The quantitative estimate of drug-likeness (QED) is 0.0199. The van der Waals surface area contributed by atoms with Gasteiger partial charge in [0.05, 0.1) is 13.2 Å². The summed E-state index contributed by atoms with van der Waals surface area (Å²) in [7, 11) is -4.76. The third kappa shape index (κ3) is 45.7. The third-order valence-corrected chi connectivity index (χ3v) is 11.8. The normalized spacial score (nSPS) is 14.1. The first-order valence-electron chi connectivity index (χ1n) is 25.3. The molecular formula is C52H92NO10P. The SMILES string of the molecule is CC/C=C\C/C=C\C/C=C\C/C=C\C/C=C\CCCCCCCCCC(=O)OCC(O)COP(=O)(O)OCC(NC(=O)CCCCCCCCCCCCCCCCCCC)C(=O)O. The largest absolute Gasteiger partial charge is 0.480 e. The van der Waals surface area contributed by atoms with Crippen molar-refractivity contribution in [3.8, 4) is 0 Å². The van der Waals surface area contributed by atoms with Crippen LogP contribution in [0.4, 0.5) is 0 Å². The van der Waals surface area contributed by atoms with Crippen molar-refractivity contribution in [3.63, 3.8) is 0 Å². The van der Waals surface area contributed by atoms with Crippen LogP contribution < -0.4 is 5.32 Å². The van der Waals surface area contributed by atoms with Gasteiger partial charge < -0.3 is 25.2 Å². The van der Waals surface area contributed by atoms with Gasteiger partial charge >= 0.3 is 19.8 Å². The van der Waals surface area contributed by atoms with E-state index in [1.807, 2.05) is 0 Å². The predicted molar refractivity (Wildman–Crippen MR) is 263 cm³/mol. The average Bonchev–Trinajstić information content (AvgIpc) is 3.27. The Bertz CT molecular complexity index is 1310. The van der Waals surface area contributed by atoms with Crippen molar-refractivity contribution >= 4 is 25.7 Å². The number of aliphatic hydroxyl groups is 1. The number of carbonyl (C=O) groups excluding carboxylic acids is 2. The molecule has 0 aromatic carbocycles. The van der Waals surface area contributed by atoms with Crippen molar-refractivity contribution < 1.29 is 47.8 Å². The molecule has 0 rings (SSSR count). The highest BCUT2D eigenvalue weighted by molar-refractivity contribution is 7.47. The van der Waals surface area contributed by atoms with E-state index in [0.717, 1.165) is 83.5 Å². The molecule has 0 saturated carbocycles. The maximum atomic E-state index is 12.3. The second-order valence-corrected chi connectivity index (χ2v) is 18.4. The minimum Gasteiger partial charge on any atom is -0.480 e. The Labute approximate surface area is 389 Å².